The lowest BCUT2D eigenvalue weighted by Crippen LogP contribution is -2.32. The third-order valence-corrected chi connectivity index (χ3v) is 4.89. The van der Waals surface area contributed by atoms with Crippen LogP contribution in [0.15, 0.2) is 84.9 Å². The molecule has 0 aromatic heterocycles. The summed E-state index contributed by atoms with van der Waals surface area (Å²) in [6.07, 6.45) is 0.0873. The zero-order valence-electron chi connectivity index (χ0n) is 17.8. The number of carbonyl (C=O) groups is 3. The number of Topliss-reactive ketones (excluding diaryl/α,β-unsaturated/α-hetero) is 1. The van der Waals surface area contributed by atoms with E-state index in [1.54, 1.807) is 61.7 Å². The first kappa shape index (κ1) is 22.7. The molecule has 0 saturated carbocycles. The smallest absolute Gasteiger partial charge is 0.308 e. The molecule has 1 N–H and O–H groups in total. The van der Waals surface area contributed by atoms with Crippen molar-refractivity contribution in [3.63, 3.8) is 0 Å². The maximum absolute atomic E-state index is 12.6. The van der Waals surface area contributed by atoms with Crippen LogP contribution in [0.25, 0.3) is 0 Å². The van der Waals surface area contributed by atoms with Crippen LogP contribution in [0.2, 0.25) is 0 Å². The number of rotatable bonds is 10. The van der Waals surface area contributed by atoms with Gasteiger partial charge in [0.05, 0.1) is 26.0 Å². The molecule has 1 amide bonds. The lowest BCUT2D eigenvalue weighted by atomic mass is 10.0. The maximum Gasteiger partial charge on any atom is 0.308 e. The van der Waals surface area contributed by atoms with E-state index in [1.807, 2.05) is 30.3 Å². The number of nitrogens with one attached hydrogen (secondary N) is 1. The van der Waals surface area contributed by atoms with E-state index in [9.17, 15) is 14.4 Å². The number of esters is 1. The molecule has 32 heavy (non-hydrogen) atoms. The van der Waals surface area contributed by atoms with Gasteiger partial charge in [0.1, 0.15) is 5.75 Å². The molecule has 0 spiro atoms. The SMILES string of the molecule is COc1ccc(C(CC(=O)OCC(=O)c2ccccc2)NC(=O)Cc2ccccc2)cc1. The Kier molecular flexibility index (Phi) is 8.15. The largest absolute Gasteiger partial charge is 0.497 e. The van der Waals surface area contributed by atoms with E-state index in [4.69, 9.17) is 9.47 Å². The molecule has 3 rings (SSSR count). The predicted molar refractivity (Wildman–Crippen MR) is 120 cm³/mol. The van der Waals surface area contributed by atoms with Crippen LogP contribution in [-0.4, -0.2) is 31.4 Å². The van der Waals surface area contributed by atoms with E-state index >= 15 is 0 Å². The molecule has 0 fully saturated rings. The van der Waals surface area contributed by atoms with Crippen LogP contribution in [0.4, 0.5) is 0 Å². The average molecular weight is 431 g/mol. The van der Waals surface area contributed by atoms with E-state index < -0.39 is 12.0 Å². The van der Waals surface area contributed by atoms with Crippen LogP contribution in [0.5, 0.6) is 5.75 Å². The number of hydrogen-bond donors (Lipinski definition) is 1. The van der Waals surface area contributed by atoms with Crippen LogP contribution in [-0.2, 0) is 20.7 Å². The quantitative estimate of drug-likeness (QED) is 0.389. The maximum atomic E-state index is 12.6. The second-order valence-corrected chi connectivity index (χ2v) is 7.21. The van der Waals surface area contributed by atoms with Gasteiger partial charge >= 0.3 is 5.97 Å². The summed E-state index contributed by atoms with van der Waals surface area (Å²) < 4.78 is 10.4. The first-order chi connectivity index (χ1) is 15.5. The Labute approximate surface area is 187 Å². The standard InChI is InChI=1S/C26H25NO5/c1-31-22-14-12-20(13-15-22)23(27-25(29)16-19-8-4-2-5-9-19)17-26(30)32-18-24(28)21-10-6-3-7-11-21/h2-15,23H,16-18H2,1H3,(H,27,29). The van der Waals surface area contributed by atoms with Crippen molar-refractivity contribution < 1.29 is 23.9 Å². The summed E-state index contributed by atoms with van der Waals surface area (Å²) in [6.45, 7) is -0.351. The Hall–Kier alpha value is -3.93. The molecule has 0 aliphatic rings. The normalized spacial score (nSPS) is 11.3. The van der Waals surface area contributed by atoms with Crippen molar-refractivity contribution in [2.75, 3.05) is 13.7 Å². The molecule has 6 heteroatoms. The number of benzene rings is 3. The molecule has 164 valence electrons. The topological polar surface area (TPSA) is 81.7 Å². The van der Waals surface area contributed by atoms with Crippen LogP contribution in [0.3, 0.4) is 0 Å². The van der Waals surface area contributed by atoms with E-state index in [0.717, 1.165) is 11.1 Å². The number of methoxy groups -OCH3 is 1. The summed E-state index contributed by atoms with van der Waals surface area (Å²) in [5.41, 5.74) is 2.08. The first-order valence-electron chi connectivity index (χ1n) is 10.3. The van der Waals surface area contributed by atoms with Crippen molar-refractivity contribution in [3.05, 3.63) is 102 Å². The summed E-state index contributed by atoms with van der Waals surface area (Å²) in [5, 5.41) is 2.90. The molecule has 1 atom stereocenters. The minimum atomic E-state index is -0.601. The molecular weight excluding hydrogens is 406 g/mol. The zero-order chi connectivity index (χ0) is 22.8. The molecule has 1 unspecified atom stereocenters. The van der Waals surface area contributed by atoms with Gasteiger partial charge in [0.2, 0.25) is 5.91 Å². The van der Waals surface area contributed by atoms with Crippen LogP contribution in [0.1, 0.15) is 33.9 Å². The summed E-state index contributed by atoms with van der Waals surface area (Å²) in [5.74, 6) is -0.410. The van der Waals surface area contributed by atoms with E-state index in [0.29, 0.717) is 11.3 Å². The van der Waals surface area contributed by atoms with E-state index in [2.05, 4.69) is 5.32 Å². The summed E-state index contributed by atoms with van der Waals surface area (Å²) in [7, 11) is 1.56. The van der Waals surface area contributed by atoms with Gasteiger partial charge in [-0.3, -0.25) is 14.4 Å². The zero-order valence-corrected chi connectivity index (χ0v) is 17.8. The lowest BCUT2D eigenvalue weighted by Gasteiger charge is -2.19. The van der Waals surface area contributed by atoms with Crippen molar-refractivity contribution in [3.8, 4) is 5.75 Å². The Balaban J connectivity index is 1.65. The lowest BCUT2D eigenvalue weighted by molar-refractivity contribution is -0.143. The highest BCUT2D eigenvalue weighted by atomic mass is 16.5. The minimum Gasteiger partial charge on any atom is -0.497 e. The van der Waals surface area contributed by atoms with Gasteiger partial charge in [-0.15, -0.1) is 0 Å². The van der Waals surface area contributed by atoms with Crippen molar-refractivity contribution in [2.24, 2.45) is 0 Å². The molecular formula is C26H25NO5. The average Bonchev–Trinajstić information content (AvgIpc) is 2.83. The second-order valence-electron chi connectivity index (χ2n) is 7.21. The van der Waals surface area contributed by atoms with Crippen LogP contribution < -0.4 is 10.1 Å². The molecule has 0 saturated heterocycles. The van der Waals surface area contributed by atoms with Gasteiger partial charge in [0.15, 0.2) is 12.4 Å². The molecule has 3 aromatic rings. The Bertz CT molecular complexity index is 1030. The number of amides is 1. The van der Waals surface area contributed by atoms with Gasteiger partial charge in [0.25, 0.3) is 0 Å². The second kappa shape index (κ2) is 11.5. The highest BCUT2D eigenvalue weighted by Crippen LogP contribution is 2.21. The highest BCUT2D eigenvalue weighted by molar-refractivity contribution is 5.97. The molecule has 0 aliphatic heterocycles. The Morgan fingerprint density at radius 3 is 2.09 bits per heavy atom. The predicted octanol–water partition coefficient (Wildman–Crippen LogP) is 3.91. The molecule has 0 bridgehead atoms. The molecule has 6 nitrogen and oxygen atoms in total. The van der Waals surface area contributed by atoms with Gasteiger partial charge in [0, 0.05) is 5.56 Å². The van der Waals surface area contributed by atoms with Gasteiger partial charge in [-0.05, 0) is 23.3 Å². The minimum absolute atomic E-state index is 0.102. The van der Waals surface area contributed by atoms with Crippen LogP contribution >= 0.6 is 0 Å². The highest BCUT2D eigenvalue weighted by Gasteiger charge is 2.20. The van der Waals surface area contributed by atoms with Crippen molar-refractivity contribution in [2.45, 2.75) is 18.9 Å². The Morgan fingerprint density at radius 2 is 1.47 bits per heavy atom. The summed E-state index contributed by atoms with van der Waals surface area (Å²) in [4.78, 5) is 37.3. The Morgan fingerprint density at radius 1 is 0.844 bits per heavy atom. The third kappa shape index (κ3) is 6.80. The van der Waals surface area contributed by atoms with Gasteiger partial charge < -0.3 is 14.8 Å². The molecule has 0 aliphatic carbocycles. The van der Waals surface area contributed by atoms with Gasteiger partial charge in [-0.2, -0.15) is 0 Å². The van der Waals surface area contributed by atoms with Crippen molar-refractivity contribution in [1.29, 1.82) is 0 Å². The fraction of sp³-hybridized carbons (Fsp3) is 0.192. The third-order valence-electron chi connectivity index (χ3n) is 4.89. The van der Waals surface area contributed by atoms with E-state index in [-0.39, 0.29) is 31.1 Å². The molecule has 0 heterocycles. The number of hydrogen-bond acceptors (Lipinski definition) is 5. The number of ketones is 1. The fourth-order valence-electron chi connectivity index (χ4n) is 3.19. The first-order valence-corrected chi connectivity index (χ1v) is 10.3. The fourth-order valence-corrected chi connectivity index (χ4v) is 3.19. The van der Waals surface area contributed by atoms with Crippen molar-refractivity contribution in [1.82, 2.24) is 5.32 Å². The van der Waals surface area contributed by atoms with Gasteiger partial charge in [-0.1, -0.05) is 72.8 Å². The molecule has 0 radical (unpaired) electrons. The molecule has 3 aromatic carbocycles. The number of ether oxygens (including phenoxy) is 2. The van der Waals surface area contributed by atoms with E-state index in [1.165, 1.54) is 0 Å². The summed E-state index contributed by atoms with van der Waals surface area (Å²) in [6, 6.07) is 24.5. The number of carbonyl (C=O) groups excluding carboxylic acids is 3. The monoisotopic (exact) mass is 431 g/mol. The van der Waals surface area contributed by atoms with Gasteiger partial charge in [-0.25, -0.2) is 0 Å². The van der Waals surface area contributed by atoms with Crippen LogP contribution in [0, 0.1) is 0 Å². The summed E-state index contributed by atoms with van der Waals surface area (Å²) >= 11 is 0. The van der Waals surface area contributed by atoms with Crippen molar-refractivity contribution >= 4 is 17.7 Å².